The van der Waals surface area contributed by atoms with Gasteiger partial charge in [0.25, 0.3) is 0 Å². The van der Waals surface area contributed by atoms with Crippen molar-refractivity contribution in [2.24, 2.45) is 0 Å². The summed E-state index contributed by atoms with van der Waals surface area (Å²) in [6, 6.07) is 47.8. The molecule has 0 radical (unpaired) electrons. The molecule has 0 N–H and O–H groups in total. The largest absolute Gasteiger partial charge is 0.256 e. The van der Waals surface area contributed by atoms with Crippen molar-refractivity contribution >= 4 is 10.8 Å². The molecule has 0 unspecified atom stereocenters. The molecular weight excluding hydrogens is 641 g/mol. The van der Waals surface area contributed by atoms with Crippen molar-refractivity contribution in [1.29, 1.82) is 0 Å². The summed E-state index contributed by atoms with van der Waals surface area (Å²) in [5.41, 5.74) is 15.0. The molecule has 2 nitrogen and oxygen atoms in total. The molecule has 2 aromatic heterocycles. The molecule has 5 aromatic carbocycles. The van der Waals surface area contributed by atoms with Crippen molar-refractivity contribution in [3.05, 3.63) is 179 Å². The lowest BCUT2D eigenvalue weighted by Gasteiger charge is -2.37. The third-order valence-corrected chi connectivity index (χ3v) is 11.3. The summed E-state index contributed by atoms with van der Waals surface area (Å²) in [6.07, 6.45) is 3.99. The van der Waals surface area contributed by atoms with Crippen LogP contribution >= 0.6 is 0 Å². The van der Waals surface area contributed by atoms with Crippen molar-refractivity contribution in [3.8, 4) is 33.6 Å². The summed E-state index contributed by atoms with van der Waals surface area (Å²) >= 11 is 0. The smallest absolute Gasteiger partial charge is 0.0714 e. The van der Waals surface area contributed by atoms with Gasteiger partial charge in [0.15, 0.2) is 0 Å². The molecule has 0 atom stereocenters. The molecule has 0 fully saturated rings. The summed E-state index contributed by atoms with van der Waals surface area (Å²) in [5, 5.41) is 2.34. The van der Waals surface area contributed by atoms with Crippen molar-refractivity contribution in [1.82, 2.24) is 9.97 Å². The first-order chi connectivity index (χ1) is 25.1. The third-order valence-electron chi connectivity index (χ3n) is 11.3. The number of benzene rings is 5. The lowest BCUT2D eigenvalue weighted by Crippen LogP contribution is -2.30. The Bertz CT molecular complexity index is 2470. The first kappa shape index (κ1) is 34.7. The molecule has 53 heavy (non-hydrogen) atoms. The first-order valence-electron chi connectivity index (χ1n) is 19.0. The van der Waals surface area contributed by atoms with E-state index < -0.39 is 5.41 Å². The number of hydrogen-bond acceptors (Lipinski definition) is 2. The topological polar surface area (TPSA) is 25.8 Å². The number of aromatic nitrogens is 2. The van der Waals surface area contributed by atoms with Crippen LogP contribution in [0.25, 0.3) is 44.4 Å². The maximum absolute atomic E-state index is 5.07. The highest BCUT2D eigenvalue weighted by Gasteiger charge is 2.47. The monoisotopic (exact) mass is 690 g/mol. The quantitative estimate of drug-likeness (QED) is 0.184. The van der Waals surface area contributed by atoms with E-state index in [1.807, 2.05) is 12.4 Å². The summed E-state index contributed by atoms with van der Waals surface area (Å²) < 4.78 is 0. The van der Waals surface area contributed by atoms with Crippen LogP contribution in [0.4, 0.5) is 0 Å². The zero-order valence-corrected chi connectivity index (χ0v) is 32.7. The zero-order valence-electron chi connectivity index (χ0n) is 32.7. The second-order valence-electron chi connectivity index (χ2n) is 18.0. The summed E-state index contributed by atoms with van der Waals surface area (Å²) in [7, 11) is 0. The summed E-state index contributed by atoms with van der Waals surface area (Å²) in [4.78, 5) is 10.1. The highest BCUT2D eigenvalue weighted by molar-refractivity contribution is 5.89. The minimum Gasteiger partial charge on any atom is -0.256 e. The standard InChI is InChI=1S/C51H50N2/c1-48(2,3)37-22-23-52-47(31-37)36-25-39(50(7,8)9)30-41(27-36)51(44-20-14-12-18-42(44)43-19-13-15-21-45(43)51)40-26-35(24-38(29-40)49(4,5)6)46-28-33-16-10-11-17-34(33)32-53-46/h10-32H,1-9H3. The van der Waals surface area contributed by atoms with Gasteiger partial charge in [0.2, 0.25) is 0 Å². The number of nitrogens with zero attached hydrogens (tertiary/aromatic N) is 2. The van der Waals surface area contributed by atoms with Crippen LogP contribution in [0.1, 0.15) is 101 Å². The normalized spacial score (nSPS) is 13.9. The lowest BCUT2D eigenvalue weighted by atomic mass is 9.65. The Kier molecular flexibility index (Phi) is 8.11. The Morgan fingerprint density at radius 1 is 0.415 bits per heavy atom. The lowest BCUT2D eigenvalue weighted by molar-refractivity contribution is 0.585. The molecule has 0 spiro atoms. The average Bonchev–Trinajstić information content (AvgIpc) is 3.44. The van der Waals surface area contributed by atoms with Crippen molar-refractivity contribution in [3.63, 3.8) is 0 Å². The molecule has 1 aliphatic carbocycles. The fourth-order valence-corrected chi connectivity index (χ4v) is 8.17. The van der Waals surface area contributed by atoms with E-state index in [1.54, 1.807) is 0 Å². The Balaban J connectivity index is 1.50. The molecule has 0 aliphatic heterocycles. The van der Waals surface area contributed by atoms with E-state index in [1.165, 1.54) is 55.5 Å². The van der Waals surface area contributed by atoms with E-state index in [0.717, 1.165) is 27.9 Å². The third kappa shape index (κ3) is 5.99. The van der Waals surface area contributed by atoms with Gasteiger partial charge >= 0.3 is 0 Å². The highest BCUT2D eigenvalue weighted by atomic mass is 14.7. The van der Waals surface area contributed by atoms with Crippen LogP contribution in [0.3, 0.4) is 0 Å². The molecule has 0 saturated carbocycles. The fourth-order valence-electron chi connectivity index (χ4n) is 8.17. The van der Waals surface area contributed by atoms with E-state index in [0.29, 0.717) is 0 Å². The van der Waals surface area contributed by atoms with E-state index >= 15 is 0 Å². The van der Waals surface area contributed by atoms with E-state index in [2.05, 4.69) is 190 Å². The van der Waals surface area contributed by atoms with Crippen LogP contribution in [0.5, 0.6) is 0 Å². The Labute approximate surface area is 316 Å². The molecular formula is C51H50N2. The van der Waals surface area contributed by atoms with Crippen LogP contribution < -0.4 is 0 Å². The van der Waals surface area contributed by atoms with Gasteiger partial charge in [-0.25, -0.2) is 0 Å². The van der Waals surface area contributed by atoms with Gasteiger partial charge in [0.1, 0.15) is 0 Å². The summed E-state index contributed by atoms with van der Waals surface area (Å²) in [6.45, 7) is 20.7. The molecule has 2 heteroatoms. The van der Waals surface area contributed by atoms with Crippen LogP contribution in [-0.4, -0.2) is 9.97 Å². The van der Waals surface area contributed by atoms with Gasteiger partial charge in [0.05, 0.1) is 16.8 Å². The number of rotatable bonds is 4. The zero-order chi connectivity index (χ0) is 37.3. The summed E-state index contributed by atoms with van der Waals surface area (Å²) in [5.74, 6) is 0. The number of fused-ring (bicyclic) bond motifs is 4. The van der Waals surface area contributed by atoms with Crippen molar-refractivity contribution in [2.45, 2.75) is 84.0 Å². The van der Waals surface area contributed by atoms with Gasteiger partial charge < -0.3 is 0 Å². The fraction of sp³-hybridized carbons (Fsp3) is 0.255. The number of pyridine rings is 2. The minimum atomic E-state index is -0.600. The van der Waals surface area contributed by atoms with Gasteiger partial charge in [-0.05, 0) is 114 Å². The molecule has 0 bridgehead atoms. The van der Waals surface area contributed by atoms with Crippen LogP contribution in [0.2, 0.25) is 0 Å². The SMILES string of the molecule is CC(C)(C)c1cc(-c2cc(C(C)(C)C)ccn2)cc(C2(c3cc(-c4cc5ccccc5cn4)cc(C(C)(C)C)c3)c3ccccc3-c3ccccc32)c1. The Morgan fingerprint density at radius 2 is 0.887 bits per heavy atom. The predicted octanol–water partition coefficient (Wildman–Crippen LogP) is 13.2. The van der Waals surface area contributed by atoms with Crippen LogP contribution in [0.15, 0.2) is 140 Å². The van der Waals surface area contributed by atoms with E-state index in [9.17, 15) is 0 Å². The van der Waals surface area contributed by atoms with Crippen molar-refractivity contribution in [2.75, 3.05) is 0 Å². The molecule has 2 heterocycles. The average molecular weight is 691 g/mol. The molecule has 8 rings (SSSR count). The van der Waals surface area contributed by atoms with Crippen LogP contribution in [0, 0.1) is 0 Å². The molecule has 0 saturated heterocycles. The Hall–Kier alpha value is -5.34. The molecule has 264 valence electrons. The second-order valence-corrected chi connectivity index (χ2v) is 18.0. The minimum absolute atomic E-state index is 0.00725. The van der Waals surface area contributed by atoms with Crippen LogP contribution in [-0.2, 0) is 21.7 Å². The maximum Gasteiger partial charge on any atom is 0.0714 e. The molecule has 0 amide bonds. The van der Waals surface area contributed by atoms with Gasteiger partial charge in [0, 0.05) is 28.9 Å². The van der Waals surface area contributed by atoms with Gasteiger partial charge in [-0.3, -0.25) is 9.97 Å². The van der Waals surface area contributed by atoms with Crippen molar-refractivity contribution < 1.29 is 0 Å². The Morgan fingerprint density at radius 3 is 1.42 bits per heavy atom. The highest BCUT2D eigenvalue weighted by Crippen LogP contribution is 2.57. The molecule has 1 aliphatic rings. The number of hydrogen-bond donors (Lipinski definition) is 0. The van der Waals surface area contributed by atoms with Gasteiger partial charge in [-0.1, -0.05) is 147 Å². The van der Waals surface area contributed by atoms with Gasteiger partial charge in [-0.2, -0.15) is 0 Å². The first-order valence-corrected chi connectivity index (χ1v) is 19.0. The van der Waals surface area contributed by atoms with E-state index in [-0.39, 0.29) is 16.2 Å². The van der Waals surface area contributed by atoms with E-state index in [4.69, 9.17) is 9.97 Å². The second kappa shape index (κ2) is 12.4. The maximum atomic E-state index is 5.07. The van der Waals surface area contributed by atoms with Gasteiger partial charge in [-0.15, -0.1) is 0 Å². The predicted molar refractivity (Wildman–Crippen MR) is 224 cm³/mol. The molecule has 7 aromatic rings.